The fourth-order valence-electron chi connectivity index (χ4n) is 3.30. The first-order valence-corrected chi connectivity index (χ1v) is 10.9. The van der Waals surface area contributed by atoms with Crippen LogP contribution < -0.4 is 16.0 Å². The van der Waals surface area contributed by atoms with E-state index in [4.69, 9.17) is 12.2 Å². The molecule has 0 radical (unpaired) electrons. The van der Waals surface area contributed by atoms with Crippen molar-refractivity contribution in [3.8, 4) is 12.3 Å². The molecule has 0 bridgehead atoms. The van der Waals surface area contributed by atoms with Crippen LogP contribution in [0.1, 0.15) is 16.6 Å². The molecule has 1 saturated heterocycles. The monoisotopic (exact) mass is 471 g/mol. The number of carbonyl (C=O) groups excluding carboxylic acids is 2. The summed E-state index contributed by atoms with van der Waals surface area (Å²) in [6, 6.07) is 7.57. The zero-order valence-corrected chi connectivity index (χ0v) is 18.8. The van der Waals surface area contributed by atoms with Gasteiger partial charge in [-0.25, -0.2) is 13.8 Å². The Hall–Kier alpha value is -3.71. The molecule has 33 heavy (non-hydrogen) atoms. The number of terminal acetylenes is 1. The van der Waals surface area contributed by atoms with E-state index in [1.54, 1.807) is 6.92 Å². The Morgan fingerprint density at radius 2 is 1.94 bits per heavy atom. The number of ketones is 1. The van der Waals surface area contributed by atoms with E-state index in [0.717, 1.165) is 42.3 Å². The zero-order chi connectivity index (χ0) is 24.0. The highest BCUT2D eigenvalue weighted by Crippen LogP contribution is 2.31. The van der Waals surface area contributed by atoms with Crippen molar-refractivity contribution in [2.75, 3.05) is 48.8 Å². The van der Waals surface area contributed by atoms with E-state index >= 15 is 0 Å². The molecule has 1 aliphatic rings. The van der Waals surface area contributed by atoms with E-state index in [1.165, 1.54) is 0 Å². The molecule has 1 aromatic carbocycles. The van der Waals surface area contributed by atoms with Gasteiger partial charge in [0.1, 0.15) is 23.2 Å². The molecule has 1 fully saturated rings. The molecule has 2 aromatic rings. The molecule has 2 heterocycles. The van der Waals surface area contributed by atoms with Crippen LogP contribution in [0, 0.1) is 12.3 Å². The fourth-order valence-corrected chi connectivity index (χ4v) is 4.17. The van der Waals surface area contributed by atoms with Gasteiger partial charge in [-0.2, -0.15) is 0 Å². The van der Waals surface area contributed by atoms with Crippen LogP contribution in [-0.4, -0.2) is 54.4 Å². The summed E-state index contributed by atoms with van der Waals surface area (Å²) in [5.74, 6) is 0.111. The summed E-state index contributed by atoms with van der Waals surface area (Å²) in [6.45, 7) is 3.12. The van der Waals surface area contributed by atoms with Crippen molar-refractivity contribution in [3.63, 3.8) is 0 Å². The third-order valence-electron chi connectivity index (χ3n) is 5.09. The van der Waals surface area contributed by atoms with E-state index in [0.29, 0.717) is 23.9 Å². The normalized spacial score (nSPS) is 14.7. The molecule has 10 heteroatoms. The third kappa shape index (κ3) is 5.75. The lowest BCUT2D eigenvalue weighted by Gasteiger charge is -2.35. The summed E-state index contributed by atoms with van der Waals surface area (Å²) in [6.07, 6.45) is 6.90. The van der Waals surface area contributed by atoms with Crippen LogP contribution in [0.3, 0.4) is 0 Å². The second-order valence-electron chi connectivity index (χ2n) is 7.19. The minimum absolute atomic E-state index is 0.0608. The standard InChI is InChI=1S/C23H23F2N5O2S/c1-3-4-5-19(25)18(14-24)20(32)21-22(26)28-23(33-21)27-16-6-8-17(9-7-16)30-12-10-29(11-13-30)15(2)31/h1,4-9H,10-14,26H2,2H3,(H,27,28)/b5-4-,19-18-. The van der Waals surface area contributed by atoms with Crippen molar-refractivity contribution in [3.05, 3.63) is 52.7 Å². The van der Waals surface area contributed by atoms with Gasteiger partial charge >= 0.3 is 0 Å². The van der Waals surface area contributed by atoms with Crippen LogP contribution >= 0.6 is 11.3 Å². The molecule has 1 amide bonds. The van der Waals surface area contributed by atoms with Gasteiger partial charge in [-0.15, -0.1) is 6.42 Å². The van der Waals surface area contributed by atoms with Crippen LogP contribution in [-0.2, 0) is 4.79 Å². The number of nitrogens with zero attached hydrogens (tertiary/aromatic N) is 3. The van der Waals surface area contributed by atoms with E-state index in [-0.39, 0.29) is 16.6 Å². The largest absolute Gasteiger partial charge is 0.382 e. The number of nitrogens with one attached hydrogen (secondary N) is 1. The van der Waals surface area contributed by atoms with Crippen molar-refractivity contribution >= 4 is 45.4 Å². The molecule has 0 unspecified atom stereocenters. The van der Waals surface area contributed by atoms with Crippen molar-refractivity contribution in [2.24, 2.45) is 0 Å². The van der Waals surface area contributed by atoms with E-state index < -0.39 is 23.9 Å². The molecule has 0 atom stereocenters. The second kappa shape index (κ2) is 10.7. The van der Waals surface area contributed by atoms with Crippen LogP contribution in [0.2, 0.25) is 0 Å². The van der Waals surface area contributed by atoms with Gasteiger partial charge in [0.25, 0.3) is 0 Å². The fraction of sp³-hybridized carbons (Fsp3) is 0.261. The number of rotatable bonds is 7. The lowest BCUT2D eigenvalue weighted by molar-refractivity contribution is -0.129. The van der Waals surface area contributed by atoms with Gasteiger partial charge in [0, 0.05) is 44.5 Å². The number of amides is 1. The number of benzene rings is 1. The van der Waals surface area contributed by atoms with Crippen LogP contribution in [0.5, 0.6) is 0 Å². The Morgan fingerprint density at radius 3 is 2.52 bits per heavy atom. The lowest BCUT2D eigenvalue weighted by Crippen LogP contribution is -2.48. The SMILES string of the molecule is C#C/C=C\C(F)=C(/CF)C(=O)c1sc(Nc2ccc(N3CCN(C(C)=O)CC3)cc2)nc1N. The number of nitrogen functional groups attached to an aromatic ring is 1. The lowest BCUT2D eigenvalue weighted by atomic mass is 10.1. The minimum atomic E-state index is -1.30. The molecule has 3 rings (SSSR count). The van der Waals surface area contributed by atoms with Gasteiger partial charge in [0.05, 0.1) is 5.57 Å². The summed E-state index contributed by atoms with van der Waals surface area (Å²) < 4.78 is 27.4. The molecule has 0 spiro atoms. The van der Waals surface area contributed by atoms with E-state index in [2.05, 4.69) is 21.1 Å². The third-order valence-corrected chi connectivity index (χ3v) is 6.08. The molecular formula is C23H23F2N5O2S. The predicted octanol–water partition coefficient (Wildman–Crippen LogP) is 3.70. The van der Waals surface area contributed by atoms with Gasteiger partial charge in [0.15, 0.2) is 5.13 Å². The highest BCUT2D eigenvalue weighted by atomic mass is 32.1. The smallest absolute Gasteiger partial charge is 0.219 e. The van der Waals surface area contributed by atoms with Crippen molar-refractivity contribution in [1.82, 2.24) is 9.88 Å². The number of nitrogens with two attached hydrogens (primary N) is 1. The van der Waals surface area contributed by atoms with Crippen LogP contribution in [0.25, 0.3) is 0 Å². The molecule has 0 aliphatic carbocycles. The van der Waals surface area contributed by atoms with E-state index in [1.807, 2.05) is 29.2 Å². The number of Topliss-reactive ketones (excluding diaryl/α,β-unsaturated/α-hetero) is 1. The second-order valence-corrected chi connectivity index (χ2v) is 8.19. The van der Waals surface area contributed by atoms with Crippen LogP contribution in [0.15, 0.2) is 47.8 Å². The summed E-state index contributed by atoms with van der Waals surface area (Å²) in [5, 5.41) is 3.37. The molecule has 1 aromatic heterocycles. The first-order valence-electron chi connectivity index (χ1n) is 10.1. The highest BCUT2D eigenvalue weighted by molar-refractivity contribution is 7.18. The number of hydrogen-bond acceptors (Lipinski definition) is 7. The molecule has 1 aliphatic heterocycles. The topological polar surface area (TPSA) is 91.6 Å². The number of allylic oxidation sites excluding steroid dienone is 4. The molecule has 0 saturated carbocycles. The maximum absolute atomic E-state index is 14.1. The summed E-state index contributed by atoms with van der Waals surface area (Å²) in [4.78, 5) is 32.1. The quantitative estimate of drug-likeness (QED) is 0.277. The average Bonchev–Trinajstić information content (AvgIpc) is 3.18. The zero-order valence-electron chi connectivity index (χ0n) is 18.0. The van der Waals surface area contributed by atoms with Gasteiger partial charge < -0.3 is 20.9 Å². The Morgan fingerprint density at radius 1 is 1.27 bits per heavy atom. The number of carbonyl (C=O) groups is 2. The highest BCUT2D eigenvalue weighted by Gasteiger charge is 2.23. The van der Waals surface area contributed by atoms with Gasteiger partial charge in [-0.1, -0.05) is 17.3 Å². The number of aromatic nitrogens is 1. The van der Waals surface area contributed by atoms with E-state index in [9.17, 15) is 18.4 Å². The number of thiazole rings is 1. The molecule has 172 valence electrons. The Labute approximate surface area is 194 Å². The Kier molecular flexibility index (Phi) is 7.79. The minimum Gasteiger partial charge on any atom is -0.382 e. The van der Waals surface area contributed by atoms with Crippen molar-refractivity contribution < 1.29 is 18.4 Å². The van der Waals surface area contributed by atoms with Crippen molar-refractivity contribution in [1.29, 1.82) is 0 Å². The maximum atomic E-state index is 14.1. The number of anilines is 4. The van der Waals surface area contributed by atoms with Crippen LogP contribution in [0.4, 0.5) is 31.1 Å². The molecule has 7 nitrogen and oxygen atoms in total. The Balaban J connectivity index is 1.70. The predicted molar refractivity (Wildman–Crippen MR) is 127 cm³/mol. The van der Waals surface area contributed by atoms with Crippen molar-refractivity contribution in [2.45, 2.75) is 6.92 Å². The number of alkyl halides is 1. The summed E-state index contributed by atoms with van der Waals surface area (Å²) in [7, 11) is 0. The maximum Gasteiger partial charge on any atom is 0.219 e. The summed E-state index contributed by atoms with van der Waals surface area (Å²) in [5.41, 5.74) is 6.89. The number of halogens is 2. The first-order chi connectivity index (χ1) is 15.8. The number of hydrogen-bond donors (Lipinski definition) is 2. The molecular weight excluding hydrogens is 448 g/mol. The summed E-state index contributed by atoms with van der Waals surface area (Å²) >= 11 is 0.906. The van der Waals surface area contributed by atoms with Gasteiger partial charge in [-0.3, -0.25) is 9.59 Å². The van der Waals surface area contributed by atoms with Gasteiger partial charge in [-0.05, 0) is 36.4 Å². The van der Waals surface area contributed by atoms with Gasteiger partial charge in [0.2, 0.25) is 11.7 Å². The number of piperazine rings is 1. The Bertz CT molecular complexity index is 1130. The average molecular weight is 472 g/mol. The molecule has 3 N–H and O–H groups in total. The first kappa shape index (κ1) is 23.9.